The van der Waals surface area contributed by atoms with Gasteiger partial charge in [-0.25, -0.2) is 0 Å². The van der Waals surface area contributed by atoms with Crippen LogP contribution in [0.5, 0.6) is 0 Å². The summed E-state index contributed by atoms with van der Waals surface area (Å²) in [6.07, 6.45) is 46.1. The van der Waals surface area contributed by atoms with Crippen LogP contribution in [0, 0.1) is 35.5 Å². The van der Waals surface area contributed by atoms with Crippen LogP contribution < -0.4 is 0 Å². The first-order valence-corrected chi connectivity index (χ1v) is 22.1. The molecule has 2 heteroatoms. The van der Waals surface area contributed by atoms with Gasteiger partial charge in [0.1, 0.15) is 0 Å². The minimum atomic E-state index is 0.623. The first kappa shape index (κ1) is 38.5. The summed E-state index contributed by atoms with van der Waals surface area (Å²) in [5.74, 6) is 5.61. The van der Waals surface area contributed by atoms with Gasteiger partial charge in [-0.3, -0.25) is 0 Å². The highest BCUT2D eigenvalue weighted by molar-refractivity contribution is 14.1. The molecule has 3 aliphatic carbocycles. The Morgan fingerprint density at radius 2 is 1.09 bits per heavy atom. The average molecular weight is 729 g/mol. The molecule has 0 aromatic heterocycles. The average Bonchev–Trinajstić information content (AvgIpc) is 3.15. The molecule has 3 rings (SSSR count). The molecule has 0 aromatic rings. The maximum absolute atomic E-state index is 5.64. The summed E-state index contributed by atoms with van der Waals surface area (Å²) in [5, 5.41) is 0.623. The van der Waals surface area contributed by atoms with Crippen LogP contribution in [0.3, 0.4) is 0 Å². The van der Waals surface area contributed by atoms with Crippen LogP contribution in [0.4, 0.5) is 0 Å². The zero-order valence-electron chi connectivity index (χ0n) is 29.4. The Morgan fingerprint density at radius 3 is 1.77 bits per heavy atom. The lowest BCUT2D eigenvalue weighted by Gasteiger charge is -2.35. The van der Waals surface area contributed by atoms with E-state index in [4.69, 9.17) is 12.6 Å². The van der Waals surface area contributed by atoms with Gasteiger partial charge in [-0.05, 0) is 67.6 Å². The summed E-state index contributed by atoms with van der Waals surface area (Å²) >= 11 is 8.45. The summed E-state index contributed by atoms with van der Waals surface area (Å²) in [4.78, 5) is 0. The molecule has 0 N–H and O–H groups in total. The van der Waals surface area contributed by atoms with Gasteiger partial charge < -0.3 is 0 Å². The summed E-state index contributed by atoms with van der Waals surface area (Å²) in [6, 6.07) is 0. The topological polar surface area (TPSA) is 0 Å². The van der Waals surface area contributed by atoms with Crippen molar-refractivity contribution in [3.8, 4) is 0 Å². The van der Waals surface area contributed by atoms with E-state index in [9.17, 15) is 0 Å². The standard InChI is InChI=1S/C41H77IS/c1-3-4-5-6-9-18-28-38(41(43)39-31-34(2)22-19-20-30-40(42)33-39)32-35-23-14-12-13-17-27-37(29-21-24-35)36-25-15-10-7-8-11-16-26-36/h34-41,43H,3-33H2,1-2H3/t34?,35-,37?,38+,39?,40?,41+/m0/s1. The molecule has 254 valence electrons. The Labute approximate surface area is 291 Å². The lowest BCUT2D eigenvalue weighted by Crippen LogP contribution is -2.29. The monoisotopic (exact) mass is 728 g/mol. The fourth-order valence-corrected chi connectivity index (χ4v) is 11.3. The predicted molar refractivity (Wildman–Crippen MR) is 206 cm³/mol. The van der Waals surface area contributed by atoms with Crippen molar-refractivity contribution < 1.29 is 0 Å². The van der Waals surface area contributed by atoms with Gasteiger partial charge in [-0.2, -0.15) is 12.6 Å². The molecule has 0 radical (unpaired) electrons. The van der Waals surface area contributed by atoms with Crippen molar-refractivity contribution in [3.63, 3.8) is 0 Å². The molecule has 0 aromatic carbocycles. The zero-order chi connectivity index (χ0) is 30.5. The number of hydrogen-bond donors (Lipinski definition) is 1. The van der Waals surface area contributed by atoms with Crippen molar-refractivity contribution in [1.82, 2.24) is 0 Å². The summed E-state index contributed by atoms with van der Waals surface area (Å²) in [6.45, 7) is 4.91. The molecule has 0 spiro atoms. The summed E-state index contributed by atoms with van der Waals surface area (Å²) in [7, 11) is 0. The Bertz CT molecular complexity index is 626. The molecule has 0 heterocycles. The van der Waals surface area contributed by atoms with E-state index in [1.807, 2.05) is 0 Å². The van der Waals surface area contributed by atoms with Gasteiger partial charge in [0.15, 0.2) is 0 Å². The normalized spacial score (nSPS) is 31.7. The van der Waals surface area contributed by atoms with E-state index in [2.05, 4.69) is 36.4 Å². The molecule has 3 saturated carbocycles. The van der Waals surface area contributed by atoms with Crippen LogP contribution in [0.25, 0.3) is 0 Å². The first-order valence-electron chi connectivity index (χ1n) is 20.4. The second-order valence-corrected chi connectivity index (χ2v) is 18.6. The highest BCUT2D eigenvalue weighted by Gasteiger charge is 2.32. The van der Waals surface area contributed by atoms with Gasteiger partial charge in [-0.15, -0.1) is 0 Å². The van der Waals surface area contributed by atoms with Crippen molar-refractivity contribution in [3.05, 3.63) is 0 Å². The maximum Gasteiger partial charge on any atom is 0.0113 e. The van der Waals surface area contributed by atoms with Gasteiger partial charge in [0, 0.05) is 9.17 Å². The second-order valence-electron chi connectivity index (χ2n) is 16.3. The van der Waals surface area contributed by atoms with Gasteiger partial charge in [0.25, 0.3) is 0 Å². The minimum Gasteiger partial charge on any atom is -0.175 e. The van der Waals surface area contributed by atoms with Gasteiger partial charge in [0.2, 0.25) is 0 Å². The molecule has 4 unspecified atom stereocenters. The third kappa shape index (κ3) is 16.6. The van der Waals surface area contributed by atoms with Crippen LogP contribution in [0.15, 0.2) is 0 Å². The van der Waals surface area contributed by atoms with Crippen molar-refractivity contribution in [2.45, 2.75) is 222 Å². The van der Waals surface area contributed by atoms with E-state index < -0.39 is 0 Å². The molecular weight excluding hydrogens is 651 g/mol. The van der Waals surface area contributed by atoms with Crippen molar-refractivity contribution in [2.24, 2.45) is 35.5 Å². The van der Waals surface area contributed by atoms with Crippen LogP contribution in [0.2, 0.25) is 0 Å². The van der Waals surface area contributed by atoms with E-state index in [0.717, 1.165) is 39.4 Å². The molecule has 3 aliphatic rings. The van der Waals surface area contributed by atoms with E-state index in [1.54, 1.807) is 25.7 Å². The smallest absolute Gasteiger partial charge is 0.0113 e. The molecule has 3 fully saturated rings. The maximum atomic E-state index is 5.64. The van der Waals surface area contributed by atoms with E-state index >= 15 is 0 Å². The molecule has 0 bridgehead atoms. The molecular formula is C41H77IS. The van der Waals surface area contributed by atoms with E-state index in [0.29, 0.717) is 5.25 Å². The fraction of sp³-hybridized carbons (Fsp3) is 1.00. The summed E-state index contributed by atoms with van der Waals surface area (Å²) in [5.41, 5.74) is 0. The van der Waals surface area contributed by atoms with Crippen LogP contribution in [-0.4, -0.2) is 9.17 Å². The lowest BCUT2D eigenvalue weighted by atomic mass is 9.76. The van der Waals surface area contributed by atoms with E-state index in [-0.39, 0.29) is 0 Å². The van der Waals surface area contributed by atoms with Crippen LogP contribution in [0.1, 0.15) is 213 Å². The third-order valence-electron chi connectivity index (χ3n) is 12.4. The Balaban J connectivity index is 1.64. The minimum absolute atomic E-state index is 0.623. The van der Waals surface area contributed by atoms with Gasteiger partial charge in [-0.1, -0.05) is 203 Å². The predicted octanol–water partition coefficient (Wildman–Crippen LogP) is 15.0. The number of rotatable bonds is 12. The first-order chi connectivity index (χ1) is 21.1. The molecule has 7 atom stereocenters. The Hall–Kier alpha value is 1.08. The van der Waals surface area contributed by atoms with Gasteiger partial charge in [0.05, 0.1) is 0 Å². The van der Waals surface area contributed by atoms with E-state index in [1.165, 1.54) is 173 Å². The quantitative estimate of drug-likeness (QED) is 0.0880. The second kappa shape index (κ2) is 24.3. The molecule has 0 nitrogen and oxygen atoms in total. The number of thiol groups is 1. The highest BCUT2D eigenvalue weighted by atomic mass is 127. The van der Waals surface area contributed by atoms with Crippen molar-refractivity contribution in [2.75, 3.05) is 0 Å². The zero-order valence-corrected chi connectivity index (χ0v) is 32.4. The highest BCUT2D eigenvalue weighted by Crippen LogP contribution is 2.41. The van der Waals surface area contributed by atoms with Crippen molar-refractivity contribution in [1.29, 1.82) is 0 Å². The number of hydrogen-bond acceptors (Lipinski definition) is 1. The van der Waals surface area contributed by atoms with Crippen molar-refractivity contribution >= 4 is 35.2 Å². The lowest BCUT2D eigenvalue weighted by molar-refractivity contribution is 0.226. The molecule has 0 saturated heterocycles. The summed E-state index contributed by atoms with van der Waals surface area (Å²) < 4.78 is 0.865. The number of halogens is 1. The Kier molecular flexibility index (Phi) is 21.7. The number of unbranched alkanes of at least 4 members (excludes halogenated alkanes) is 5. The number of alkyl halides is 1. The SMILES string of the molecule is CCCCCCCC[C@H](C[C@H]1CCCCCCC(C2CCCCCCCC2)CCC1)[C@@H](S)C1CC(C)CCCCC(I)C1. The fourth-order valence-electron chi connectivity index (χ4n) is 9.74. The Morgan fingerprint density at radius 1 is 0.581 bits per heavy atom. The molecule has 43 heavy (non-hydrogen) atoms. The molecule has 0 amide bonds. The van der Waals surface area contributed by atoms with Crippen LogP contribution in [-0.2, 0) is 0 Å². The largest absolute Gasteiger partial charge is 0.175 e. The van der Waals surface area contributed by atoms with Gasteiger partial charge >= 0.3 is 0 Å². The molecule has 0 aliphatic heterocycles. The van der Waals surface area contributed by atoms with Crippen LogP contribution >= 0.6 is 35.2 Å². The third-order valence-corrected chi connectivity index (χ3v) is 14.4.